The number of imide groups is 1. The van der Waals surface area contributed by atoms with E-state index in [2.05, 4.69) is 5.32 Å². The smallest absolute Gasteiger partial charge is 0.338 e. The lowest BCUT2D eigenvalue weighted by molar-refractivity contribution is -0.124. The number of ether oxygens (including phenoxy) is 3. The zero-order valence-corrected chi connectivity index (χ0v) is 17.3. The number of benzene rings is 2. The maximum Gasteiger partial charge on any atom is 0.338 e. The van der Waals surface area contributed by atoms with E-state index < -0.39 is 18.0 Å². The summed E-state index contributed by atoms with van der Waals surface area (Å²) in [6.45, 7) is 1.44. The highest BCUT2D eigenvalue weighted by Crippen LogP contribution is 2.29. The van der Waals surface area contributed by atoms with Crippen molar-refractivity contribution in [3.05, 3.63) is 48.0 Å². The number of carbonyl (C=O) groups excluding carboxylic acids is 4. The summed E-state index contributed by atoms with van der Waals surface area (Å²) in [7, 11) is 2.96. The molecule has 0 aromatic heterocycles. The fourth-order valence-electron chi connectivity index (χ4n) is 3.04. The Hall–Kier alpha value is -3.88. The van der Waals surface area contributed by atoms with Crippen LogP contribution in [0.15, 0.2) is 42.5 Å². The first-order valence-electron chi connectivity index (χ1n) is 9.53. The Morgan fingerprint density at radius 3 is 2.19 bits per heavy atom. The Morgan fingerprint density at radius 2 is 1.61 bits per heavy atom. The van der Waals surface area contributed by atoms with Crippen molar-refractivity contribution in [2.24, 2.45) is 0 Å². The van der Waals surface area contributed by atoms with E-state index in [1.54, 1.807) is 18.2 Å². The number of nitrogens with one attached hydrogen (secondary N) is 1. The van der Waals surface area contributed by atoms with Crippen LogP contribution in [-0.2, 0) is 19.1 Å². The molecule has 0 aliphatic carbocycles. The van der Waals surface area contributed by atoms with Gasteiger partial charge >= 0.3 is 5.97 Å². The molecular formula is C22H22N2O7. The molecule has 2 aromatic carbocycles. The quantitative estimate of drug-likeness (QED) is 0.535. The zero-order chi connectivity index (χ0) is 22.5. The van der Waals surface area contributed by atoms with Gasteiger partial charge in [0, 0.05) is 18.9 Å². The summed E-state index contributed by atoms with van der Waals surface area (Å²) in [4.78, 5) is 49.6. The van der Waals surface area contributed by atoms with Crippen LogP contribution in [0, 0.1) is 0 Å². The fraction of sp³-hybridized carbons (Fsp3) is 0.273. The number of carbonyl (C=O) groups is 4. The second-order valence-corrected chi connectivity index (χ2v) is 6.77. The first-order chi connectivity index (χ1) is 14.8. The second-order valence-electron chi connectivity index (χ2n) is 6.77. The molecule has 1 N–H and O–H groups in total. The minimum Gasteiger partial charge on any atom is -0.497 e. The molecule has 3 rings (SSSR count). The summed E-state index contributed by atoms with van der Waals surface area (Å²) in [6.07, 6.45) is -0.745. The third-order valence-corrected chi connectivity index (χ3v) is 4.73. The van der Waals surface area contributed by atoms with Crippen molar-refractivity contribution in [3.8, 4) is 11.5 Å². The Balaban J connectivity index is 1.64. The highest BCUT2D eigenvalue weighted by atomic mass is 16.5. The summed E-state index contributed by atoms with van der Waals surface area (Å²) in [5, 5.41) is 2.65. The van der Waals surface area contributed by atoms with Gasteiger partial charge in [0.05, 0.1) is 31.2 Å². The third kappa shape index (κ3) is 4.82. The van der Waals surface area contributed by atoms with E-state index >= 15 is 0 Å². The van der Waals surface area contributed by atoms with Crippen molar-refractivity contribution in [2.45, 2.75) is 25.9 Å². The monoisotopic (exact) mass is 426 g/mol. The van der Waals surface area contributed by atoms with Crippen LogP contribution in [0.1, 0.15) is 30.1 Å². The fourth-order valence-corrected chi connectivity index (χ4v) is 3.04. The van der Waals surface area contributed by atoms with E-state index in [4.69, 9.17) is 14.2 Å². The molecule has 9 nitrogen and oxygen atoms in total. The molecule has 0 bridgehead atoms. The van der Waals surface area contributed by atoms with Gasteiger partial charge in [0.1, 0.15) is 11.5 Å². The predicted molar refractivity (Wildman–Crippen MR) is 111 cm³/mol. The molecule has 1 heterocycles. The van der Waals surface area contributed by atoms with Crippen molar-refractivity contribution < 1.29 is 33.4 Å². The van der Waals surface area contributed by atoms with E-state index in [9.17, 15) is 19.2 Å². The molecular weight excluding hydrogens is 404 g/mol. The van der Waals surface area contributed by atoms with Crippen LogP contribution in [0.3, 0.4) is 0 Å². The molecule has 0 spiro atoms. The summed E-state index contributed by atoms with van der Waals surface area (Å²) >= 11 is 0. The SMILES string of the molecule is COc1ccc(OC)c(NC(=O)[C@@H](C)OC(=O)c2ccc(N3C(=O)CCC3=O)cc2)c1. The molecule has 9 heteroatoms. The van der Waals surface area contributed by atoms with E-state index in [-0.39, 0.29) is 30.2 Å². The highest BCUT2D eigenvalue weighted by molar-refractivity contribution is 6.19. The van der Waals surface area contributed by atoms with E-state index in [1.807, 2.05) is 0 Å². The van der Waals surface area contributed by atoms with Crippen molar-refractivity contribution >= 4 is 35.1 Å². The molecule has 3 amide bonds. The Bertz CT molecular complexity index is 1000. The molecule has 1 atom stereocenters. The maximum absolute atomic E-state index is 12.5. The van der Waals surface area contributed by atoms with Crippen LogP contribution in [0.4, 0.5) is 11.4 Å². The summed E-state index contributed by atoms with van der Waals surface area (Å²) in [5.74, 6) is -0.877. The molecule has 0 radical (unpaired) electrons. The molecule has 0 unspecified atom stereocenters. The summed E-state index contributed by atoms with van der Waals surface area (Å²) in [6, 6.07) is 10.8. The van der Waals surface area contributed by atoms with Crippen LogP contribution < -0.4 is 19.7 Å². The number of anilines is 2. The Kier molecular flexibility index (Phi) is 6.54. The molecule has 1 aliphatic rings. The highest BCUT2D eigenvalue weighted by Gasteiger charge is 2.30. The molecule has 2 aromatic rings. The lowest BCUT2D eigenvalue weighted by atomic mass is 10.2. The van der Waals surface area contributed by atoms with Crippen molar-refractivity contribution in [1.29, 1.82) is 0 Å². The first kappa shape index (κ1) is 21.8. The van der Waals surface area contributed by atoms with Crippen LogP contribution in [0.2, 0.25) is 0 Å². The average Bonchev–Trinajstić information content (AvgIpc) is 3.11. The average molecular weight is 426 g/mol. The number of methoxy groups -OCH3 is 2. The largest absolute Gasteiger partial charge is 0.497 e. The van der Waals surface area contributed by atoms with Gasteiger partial charge in [-0.05, 0) is 43.3 Å². The number of nitrogens with zero attached hydrogens (tertiary/aromatic N) is 1. The van der Waals surface area contributed by atoms with Gasteiger partial charge in [0.2, 0.25) is 11.8 Å². The van der Waals surface area contributed by atoms with E-state index in [1.165, 1.54) is 45.4 Å². The molecule has 1 fully saturated rings. The first-order valence-corrected chi connectivity index (χ1v) is 9.53. The van der Waals surface area contributed by atoms with Gasteiger partial charge < -0.3 is 19.5 Å². The topological polar surface area (TPSA) is 111 Å². The van der Waals surface area contributed by atoms with Crippen LogP contribution in [0.25, 0.3) is 0 Å². The number of amides is 3. The van der Waals surface area contributed by atoms with E-state index in [0.717, 1.165) is 4.90 Å². The molecule has 0 saturated carbocycles. The summed E-state index contributed by atoms with van der Waals surface area (Å²) in [5.41, 5.74) is 0.945. The Morgan fingerprint density at radius 1 is 0.968 bits per heavy atom. The molecule has 31 heavy (non-hydrogen) atoms. The van der Waals surface area contributed by atoms with E-state index in [0.29, 0.717) is 22.9 Å². The lowest BCUT2D eigenvalue weighted by Gasteiger charge is -2.16. The van der Waals surface area contributed by atoms with Crippen molar-refractivity contribution in [2.75, 3.05) is 24.4 Å². The minimum absolute atomic E-state index is 0.174. The van der Waals surface area contributed by atoms with Crippen molar-refractivity contribution in [1.82, 2.24) is 0 Å². The molecule has 1 aliphatic heterocycles. The second kappa shape index (κ2) is 9.29. The predicted octanol–water partition coefficient (Wildman–Crippen LogP) is 2.54. The summed E-state index contributed by atoms with van der Waals surface area (Å²) < 4.78 is 15.6. The molecule has 1 saturated heterocycles. The number of rotatable bonds is 7. The maximum atomic E-state index is 12.5. The lowest BCUT2D eigenvalue weighted by Crippen LogP contribution is -2.30. The van der Waals surface area contributed by atoms with Gasteiger partial charge in [-0.15, -0.1) is 0 Å². The zero-order valence-electron chi connectivity index (χ0n) is 17.3. The standard InChI is InChI=1S/C22H22N2O7/c1-13(21(27)23-17-12-16(29-2)8-9-18(17)30-3)31-22(28)14-4-6-15(7-5-14)24-19(25)10-11-20(24)26/h4-9,12-13H,10-11H2,1-3H3,(H,23,27)/t13-/m1/s1. The van der Waals surface area contributed by atoms with Crippen molar-refractivity contribution in [3.63, 3.8) is 0 Å². The van der Waals surface area contributed by atoms with Gasteiger partial charge in [-0.2, -0.15) is 0 Å². The number of esters is 1. The van der Waals surface area contributed by atoms with Crippen LogP contribution in [0.5, 0.6) is 11.5 Å². The van der Waals surface area contributed by atoms with Crippen LogP contribution in [-0.4, -0.2) is 44.0 Å². The third-order valence-electron chi connectivity index (χ3n) is 4.73. The Labute approximate surface area is 178 Å². The number of hydrogen-bond acceptors (Lipinski definition) is 7. The van der Waals surface area contributed by atoms with Gasteiger partial charge in [-0.25, -0.2) is 4.79 Å². The normalized spacial score (nSPS) is 14.2. The van der Waals surface area contributed by atoms with Gasteiger partial charge in [-0.1, -0.05) is 0 Å². The molecule has 162 valence electrons. The minimum atomic E-state index is -1.09. The number of hydrogen-bond donors (Lipinski definition) is 1. The van der Waals surface area contributed by atoms with Gasteiger partial charge in [0.15, 0.2) is 6.10 Å². The van der Waals surface area contributed by atoms with Crippen LogP contribution >= 0.6 is 0 Å². The van der Waals surface area contributed by atoms with Gasteiger partial charge in [-0.3, -0.25) is 19.3 Å². The van der Waals surface area contributed by atoms with Gasteiger partial charge in [0.25, 0.3) is 5.91 Å².